The summed E-state index contributed by atoms with van der Waals surface area (Å²) in [5.74, 6) is 0. The zero-order chi connectivity index (χ0) is 35.0. The summed E-state index contributed by atoms with van der Waals surface area (Å²) in [4.78, 5) is 2.23. The minimum absolute atomic E-state index is 0.121. The van der Waals surface area contributed by atoms with Crippen LogP contribution in [0.5, 0.6) is 0 Å². The molecule has 1 aromatic heterocycles. The lowest BCUT2D eigenvalue weighted by Crippen LogP contribution is -2.15. The second-order valence-corrected chi connectivity index (χ2v) is 12.7. The summed E-state index contributed by atoms with van der Waals surface area (Å²) in [6, 6.07) is 47.4. The van der Waals surface area contributed by atoms with Crippen LogP contribution in [0.4, 0.5) is 17.1 Å². The van der Waals surface area contributed by atoms with E-state index in [-0.39, 0.29) is 35.2 Å². The van der Waals surface area contributed by atoms with Crippen molar-refractivity contribution in [2.75, 3.05) is 4.90 Å². The Morgan fingerprint density at radius 3 is 2.09 bits per heavy atom. The van der Waals surface area contributed by atoms with Gasteiger partial charge in [0.1, 0.15) is 11.2 Å². The van der Waals surface area contributed by atoms with Crippen molar-refractivity contribution in [1.82, 2.24) is 0 Å². The van der Waals surface area contributed by atoms with Crippen molar-refractivity contribution in [2.24, 2.45) is 0 Å². The Morgan fingerprint density at radius 2 is 1.26 bits per heavy atom. The first-order chi connectivity index (χ1) is 24.7. The standard InChI is InChI=1S/C45H33NO/c1-45(2)38-20-11-9-18-34(38)37-29-33(25-26-39(37)45)46(41-21-13-23-43-44(41)35-19-10-12-22-42(35)47-43)40-27-24-32(30-14-5-3-6-15-30)28-36(40)31-16-7-4-8-17-31/h3-29H,1-2H3/i10D,12D,19D,22D. The topological polar surface area (TPSA) is 16.4 Å². The summed E-state index contributed by atoms with van der Waals surface area (Å²) in [6.45, 7) is 4.55. The Morgan fingerprint density at radius 1 is 0.532 bits per heavy atom. The first-order valence-electron chi connectivity index (χ1n) is 17.9. The van der Waals surface area contributed by atoms with Gasteiger partial charge in [-0.15, -0.1) is 0 Å². The number of hydrogen-bond donors (Lipinski definition) is 0. The van der Waals surface area contributed by atoms with Crippen LogP contribution >= 0.6 is 0 Å². The monoisotopic (exact) mass is 607 g/mol. The van der Waals surface area contributed by atoms with Crippen molar-refractivity contribution in [3.05, 3.63) is 175 Å². The quantitative estimate of drug-likeness (QED) is 0.193. The van der Waals surface area contributed by atoms with Crippen LogP contribution in [0, 0.1) is 0 Å². The first kappa shape index (κ1) is 23.5. The third-order valence-corrected chi connectivity index (χ3v) is 9.61. The molecule has 7 aromatic carbocycles. The van der Waals surface area contributed by atoms with Crippen LogP contribution in [0.1, 0.15) is 30.5 Å². The van der Waals surface area contributed by atoms with Gasteiger partial charge in [0.15, 0.2) is 0 Å². The van der Waals surface area contributed by atoms with E-state index in [9.17, 15) is 0 Å². The number of furan rings is 1. The maximum atomic E-state index is 9.03. The average Bonchev–Trinajstić information content (AvgIpc) is 3.67. The molecule has 0 atom stereocenters. The van der Waals surface area contributed by atoms with E-state index < -0.39 is 0 Å². The van der Waals surface area contributed by atoms with Gasteiger partial charge in [-0.2, -0.15) is 0 Å². The van der Waals surface area contributed by atoms with E-state index in [1.807, 2.05) is 54.6 Å². The summed E-state index contributed by atoms with van der Waals surface area (Å²) in [6.07, 6.45) is 0. The van der Waals surface area contributed by atoms with E-state index in [2.05, 4.69) is 104 Å². The molecule has 0 bridgehead atoms. The van der Waals surface area contributed by atoms with E-state index >= 15 is 0 Å². The third kappa shape index (κ3) is 4.33. The van der Waals surface area contributed by atoms with Crippen molar-refractivity contribution >= 4 is 39.0 Å². The van der Waals surface area contributed by atoms with Gasteiger partial charge in [-0.25, -0.2) is 0 Å². The molecule has 9 rings (SSSR count). The van der Waals surface area contributed by atoms with Crippen LogP contribution in [0.2, 0.25) is 0 Å². The van der Waals surface area contributed by atoms with E-state index in [0.717, 1.165) is 39.3 Å². The SMILES string of the molecule is [2H]c1c([2H])c([2H])c2c(oc3cccc(N(c4ccc5c(c4)-c4ccccc4C5(C)C)c4ccc(-c5ccccc5)cc4-c4ccccc4)c32)c1[2H]. The second-order valence-electron chi connectivity index (χ2n) is 12.7. The first-order valence-corrected chi connectivity index (χ1v) is 15.9. The molecule has 0 spiro atoms. The predicted octanol–water partition coefficient (Wildman–Crippen LogP) is 12.7. The van der Waals surface area contributed by atoms with Crippen molar-refractivity contribution in [1.29, 1.82) is 0 Å². The van der Waals surface area contributed by atoms with Crippen LogP contribution in [0.25, 0.3) is 55.3 Å². The van der Waals surface area contributed by atoms with Gasteiger partial charge in [-0.1, -0.05) is 135 Å². The summed E-state index contributed by atoms with van der Waals surface area (Å²) in [5.41, 5.74) is 12.3. The van der Waals surface area contributed by atoms with Crippen molar-refractivity contribution in [3.8, 4) is 33.4 Å². The highest BCUT2D eigenvalue weighted by molar-refractivity contribution is 6.14. The fourth-order valence-electron chi connectivity index (χ4n) is 7.35. The van der Waals surface area contributed by atoms with Gasteiger partial charge >= 0.3 is 0 Å². The fourth-order valence-corrected chi connectivity index (χ4v) is 7.35. The van der Waals surface area contributed by atoms with Crippen LogP contribution in [0.3, 0.4) is 0 Å². The molecule has 0 fully saturated rings. The Bertz CT molecular complexity index is 2660. The van der Waals surface area contributed by atoms with Gasteiger partial charge in [0, 0.05) is 22.1 Å². The van der Waals surface area contributed by atoms with Crippen molar-refractivity contribution in [2.45, 2.75) is 19.3 Å². The molecule has 0 N–H and O–H groups in total. The molecule has 0 saturated carbocycles. The van der Waals surface area contributed by atoms with Gasteiger partial charge < -0.3 is 9.32 Å². The van der Waals surface area contributed by atoms with Gasteiger partial charge in [0.25, 0.3) is 0 Å². The number of fused-ring (bicyclic) bond motifs is 6. The highest BCUT2D eigenvalue weighted by Gasteiger charge is 2.36. The van der Waals surface area contributed by atoms with Crippen LogP contribution in [-0.4, -0.2) is 0 Å². The smallest absolute Gasteiger partial charge is 0.137 e. The molecule has 1 heterocycles. The maximum Gasteiger partial charge on any atom is 0.137 e. The predicted molar refractivity (Wildman–Crippen MR) is 197 cm³/mol. The van der Waals surface area contributed by atoms with E-state index in [4.69, 9.17) is 9.90 Å². The molecule has 47 heavy (non-hydrogen) atoms. The molecule has 1 aliphatic rings. The molecule has 1 aliphatic carbocycles. The average molecular weight is 608 g/mol. The van der Waals surface area contributed by atoms with Crippen LogP contribution in [0.15, 0.2) is 168 Å². The highest BCUT2D eigenvalue weighted by Crippen LogP contribution is 2.52. The number of para-hydroxylation sites is 1. The normalized spacial score (nSPS) is 14.3. The molecule has 2 nitrogen and oxygen atoms in total. The molecular weight excluding hydrogens is 571 g/mol. The number of benzene rings is 7. The minimum Gasteiger partial charge on any atom is -0.456 e. The van der Waals surface area contributed by atoms with Crippen LogP contribution < -0.4 is 4.90 Å². The zero-order valence-corrected chi connectivity index (χ0v) is 26.1. The maximum absolute atomic E-state index is 9.03. The molecule has 0 aliphatic heterocycles. The van der Waals surface area contributed by atoms with Crippen molar-refractivity contribution in [3.63, 3.8) is 0 Å². The largest absolute Gasteiger partial charge is 0.456 e. The number of hydrogen-bond acceptors (Lipinski definition) is 2. The second kappa shape index (κ2) is 10.6. The molecule has 0 amide bonds. The van der Waals surface area contributed by atoms with E-state index in [1.165, 1.54) is 22.3 Å². The summed E-state index contributed by atoms with van der Waals surface area (Å²) in [7, 11) is 0. The number of anilines is 3. The number of rotatable bonds is 5. The molecule has 0 saturated heterocycles. The van der Waals surface area contributed by atoms with Gasteiger partial charge in [0.2, 0.25) is 0 Å². The van der Waals surface area contributed by atoms with Gasteiger partial charge in [-0.3, -0.25) is 0 Å². The Hall–Kier alpha value is -5.86. The molecule has 224 valence electrons. The van der Waals surface area contributed by atoms with Gasteiger partial charge in [0.05, 0.1) is 22.2 Å². The zero-order valence-electron chi connectivity index (χ0n) is 30.1. The highest BCUT2D eigenvalue weighted by atomic mass is 16.3. The van der Waals surface area contributed by atoms with Crippen LogP contribution in [-0.2, 0) is 5.41 Å². The Labute approximate surface area is 280 Å². The molecule has 2 heteroatoms. The molecule has 0 radical (unpaired) electrons. The molecule has 8 aromatic rings. The lowest BCUT2D eigenvalue weighted by molar-refractivity contribution is 0.660. The lowest BCUT2D eigenvalue weighted by Gasteiger charge is -2.30. The van der Waals surface area contributed by atoms with Crippen molar-refractivity contribution < 1.29 is 9.90 Å². The summed E-state index contributed by atoms with van der Waals surface area (Å²) >= 11 is 0. The molecule has 0 unspecified atom stereocenters. The Kier molecular flexibility index (Phi) is 5.30. The third-order valence-electron chi connectivity index (χ3n) is 9.61. The minimum atomic E-state index is -0.312. The number of nitrogens with zero attached hydrogens (tertiary/aromatic N) is 1. The lowest BCUT2D eigenvalue weighted by atomic mass is 9.82. The Balaban J connectivity index is 1.39. The summed E-state index contributed by atoms with van der Waals surface area (Å²) < 4.78 is 40.9. The van der Waals surface area contributed by atoms with E-state index in [1.54, 1.807) is 0 Å². The summed E-state index contributed by atoms with van der Waals surface area (Å²) in [5, 5.41) is 0.998. The van der Waals surface area contributed by atoms with E-state index in [0.29, 0.717) is 16.4 Å². The fraction of sp³-hybridized carbons (Fsp3) is 0.0667. The van der Waals surface area contributed by atoms with Gasteiger partial charge in [-0.05, 0) is 81.4 Å². The molecular formula is C45H33NO.